The normalized spacial score (nSPS) is 30.8. The van der Waals surface area contributed by atoms with Gasteiger partial charge in [-0.1, -0.05) is 6.92 Å². The molecule has 1 unspecified atom stereocenters. The van der Waals surface area contributed by atoms with Crippen molar-refractivity contribution in [3.8, 4) is 5.75 Å². The second-order valence-electron chi connectivity index (χ2n) is 8.85. The lowest BCUT2D eigenvalue weighted by Gasteiger charge is -2.48. The van der Waals surface area contributed by atoms with E-state index in [2.05, 4.69) is 10.3 Å². The molecule has 1 aromatic carbocycles. The maximum absolute atomic E-state index is 15.0. The summed E-state index contributed by atoms with van der Waals surface area (Å²) < 4.78 is 35.3. The molecule has 0 radical (unpaired) electrons. The number of nitrogens with one attached hydrogen (secondary N) is 1. The van der Waals surface area contributed by atoms with E-state index in [4.69, 9.17) is 4.74 Å². The highest BCUT2D eigenvalue weighted by Crippen LogP contribution is 2.48. The van der Waals surface area contributed by atoms with E-state index in [-0.39, 0.29) is 23.8 Å². The fourth-order valence-corrected chi connectivity index (χ4v) is 4.36. The minimum absolute atomic E-state index is 0.00432. The van der Waals surface area contributed by atoms with Crippen molar-refractivity contribution in [1.29, 1.82) is 0 Å². The summed E-state index contributed by atoms with van der Waals surface area (Å²) in [5, 5.41) is 12.9. The first-order chi connectivity index (χ1) is 14.2. The third-order valence-corrected chi connectivity index (χ3v) is 6.49. The topological polar surface area (TPSA) is 74.2 Å². The van der Waals surface area contributed by atoms with Crippen LogP contribution in [0.5, 0.6) is 5.75 Å². The Labute approximate surface area is 172 Å². The molecule has 1 aromatic rings. The third kappa shape index (κ3) is 2.93. The number of ether oxygens (including phenoxy) is 1. The minimum atomic E-state index is -0.884. The molecule has 0 spiro atoms. The average molecular weight is 415 g/mol. The van der Waals surface area contributed by atoms with Gasteiger partial charge in [-0.25, -0.2) is 8.78 Å². The van der Waals surface area contributed by atoms with Crippen LogP contribution in [0.2, 0.25) is 0 Å². The van der Waals surface area contributed by atoms with Crippen LogP contribution < -0.4 is 10.1 Å². The summed E-state index contributed by atoms with van der Waals surface area (Å²) in [6.07, 6.45) is 6.98. The van der Waals surface area contributed by atoms with Crippen LogP contribution in [0.4, 0.5) is 8.78 Å². The summed E-state index contributed by atoms with van der Waals surface area (Å²) in [7, 11) is 0. The molecular formula is C22H23F2N3O3. The summed E-state index contributed by atoms with van der Waals surface area (Å²) in [4.78, 5) is 18.6. The molecular weight excluding hydrogens is 392 g/mol. The maximum atomic E-state index is 15.0. The van der Waals surface area contributed by atoms with Gasteiger partial charge in [0.15, 0.2) is 0 Å². The zero-order chi connectivity index (χ0) is 21.3. The number of aliphatic imine (C=N–C) groups is 1. The van der Waals surface area contributed by atoms with Gasteiger partial charge in [0.05, 0.1) is 23.9 Å². The van der Waals surface area contributed by atoms with E-state index in [0.29, 0.717) is 25.0 Å². The molecule has 0 aromatic heterocycles. The number of benzene rings is 1. The summed E-state index contributed by atoms with van der Waals surface area (Å²) in [6, 6.07) is 1.51. The first kappa shape index (κ1) is 19.2. The molecule has 0 bridgehead atoms. The summed E-state index contributed by atoms with van der Waals surface area (Å²) in [5.41, 5.74) is 0.0786. The SMILES string of the molecule is C[C@H]1C(=O)N(C2=CC=C3NC=NC3(C)C2)[C@H]1c1c(F)cc(OCC2(O)CC2)cc1F. The second kappa shape index (κ2) is 6.38. The number of carbonyl (C=O) groups excluding carboxylic acids is 1. The quantitative estimate of drug-likeness (QED) is 0.726. The van der Waals surface area contributed by atoms with E-state index in [1.54, 1.807) is 19.3 Å². The number of fused-ring (bicyclic) bond motifs is 1. The van der Waals surface area contributed by atoms with Crippen LogP contribution in [0.15, 0.2) is 40.7 Å². The highest BCUT2D eigenvalue weighted by Gasteiger charge is 2.51. The Balaban J connectivity index is 1.43. The molecule has 1 saturated heterocycles. The molecule has 2 fully saturated rings. The van der Waals surface area contributed by atoms with Crippen molar-refractivity contribution in [3.05, 3.63) is 52.9 Å². The van der Waals surface area contributed by atoms with E-state index < -0.39 is 34.7 Å². The lowest BCUT2D eigenvalue weighted by Crippen LogP contribution is -2.54. The van der Waals surface area contributed by atoms with Gasteiger partial charge in [0.2, 0.25) is 5.91 Å². The molecule has 4 aliphatic rings. The van der Waals surface area contributed by atoms with Crippen LogP contribution in [-0.4, -0.2) is 40.0 Å². The standard InChI is InChI=1S/C22H23F2N3O3/c1-12-19(18-15(23)7-14(8-16(18)24)30-10-22(29)5-6-22)27(20(12)28)13-3-4-17-21(2,9-13)26-11-25-17/h3-4,7-8,11-12,19,29H,5-6,9-10H2,1-2H3,(H,25,26)/t12-,19-,21?/m1/s1. The van der Waals surface area contributed by atoms with E-state index in [1.165, 1.54) is 4.90 Å². The van der Waals surface area contributed by atoms with Crippen molar-refractivity contribution in [2.45, 2.75) is 50.3 Å². The second-order valence-corrected chi connectivity index (χ2v) is 8.85. The fraction of sp³-hybridized carbons (Fsp3) is 0.455. The zero-order valence-electron chi connectivity index (χ0n) is 16.8. The van der Waals surface area contributed by atoms with Gasteiger partial charge in [-0.15, -0.1) is 0 Å². The molecule has 30 heavy (non-hydrogen) atoms. The Morgan fingerprint density at radius 1 is 1.30 bits per heavy atom. The van der Waals surface area contributed by atoms with Crippen LogP contribution in [-0.2, 0) is 4.79 Å². The maximum Gasteiger partial charge on any atom is 0.232 e. The van der Waals surface area contributed by atoms with Crippen LogP contribution in [0.25, 0.3) is 0 Å². The van der Waals surface area contributed by atoms with Crippen molar-refractivity contribution in [2.75, 3.05) is 6.61 Å². The van der Waals surface area contributed by atoms with Gasteiger partial charge in [0.1, 0.15) is 29.5 Å². The number of hydrogen-bond donors (Lipinski definition) is 2. The van der Waals surface area contributed by atoms with Gasteiger partial charge in [-0.2, -0.15) is 0 Å². The van der Waals surface area contributed by atoms with Crippen molar-refractivity contribution in [1.82, 2.24) is 10.2 Å². The van der Waals surface area contributed by atoms with Crippen LogP contribution in [0, 0.1) is 17.6 Å². The number of allylic oxidation sites excluding steroid dienone is 2. The number of carbonyl (C=O) groups is 1. The van der Waals surface area contributed by atoms with E-state index in [9.17, 15) is 18.7 Å². The number of hydrogen-bond acceptors (Lipinski definition) is 5. The fourth-order valence-electron chi connectivity index (χ4n) is 4.36. The van der Waals surface area contributed by atoms with Crippen molar-refractivity contribution < 1.29 is 23.4 Å². The van der Waals surface area contributed by atoms with Crippen LogP contribution >= 0.6 is 0 Å². The molecule has 1 saturated carbocycles. The van der Waals surface area contributed by atoms with E-state index in [1.807, 2.05) is 13.0 Å². The number of halogens is 2. The highest BCUT2D eigenvalue weighted by atomic mass is 19.1. The number of amides is 1. The van der Waals surface area contributed by atoms with Crippen molar-refractivity contribution in [3.63, 3.8) is 0 Å². The van der Waals surface area contributed by atoms with Crippen LogP contribution in [0.1, 0.15) is 44.7 Å². The van der Waals surface area contributed by atoms with E-state index in [0.717, 1.165) is 17.8 Å². The lowest BCUT2D eigenvalue weighted by atomic mass is 9.79. The number of aliphatic hydroxyl groups is 1. The Kier molecular flexibility index (Phi) is 4.09. The van der Waals surface area contributed by atoms with Gasteiger partial charge in [-0.05, 0) is 31.9 Å². The first-order valence-electron chi connectivity index (χ1n) is 10.1. The molecule has 1 amide bonds. The van der Waals surface area contributed by atoms with Crippen molar-refractivity contribution in [2.24, 2.45) is 10.9 Å². The van der Waals surface area contributed by atoms with Gasteiger partial charge < -0.3 is 20.1 Å². The smallest absolute Gasteiger partial charge is 0.232 e. The largest absolute Gasteiger partial charge is 0.490 e. The Bertz CT molecular complexity index is 1010. The predicted octanol–water partition coefficient (Wildman–Crippen LogP) is 2.95. The summed E-state index contributed by atoms with van der Waals surface area (Å²) in [5.74, 6) is -2.21. The molecule has 6 nitrogen and oxygen atoms in total. The average Bonchev–Trinajstić information content (AvgIpc) is 3.31. The number of nitrogens with zero attached hydrogens (tertiary/aromatic N) is 2. The van der Waals surface area contributed by atoms with E-state index >= 15 is 0 Å². The minimum Gasteiger partial charge on any atom is -0.490 e. The summed E-state index contributed by atoms with van der Waals surface area (Å²) >= 11 is 0. The van der Waals surface area contributed by atoms with Gasteiger partial charge in [0.25, 0.3) is 0 Å². The van der Waals surface area contributed by atoms with Crippen LogP contribution in [0.3, 0.4) is 0 Å². The van der Waals surface area contributed by atoms with Gasteiger partial charge in [0, 0.05) is 35.5 Å². The molecule has 3 atom stereocenters. The van der Waals surface area contributed by atoms with Crippen molar-refractivity contribution >= 4 is 12.2 Å². The monoisotopic (exact) mass is 415 g/mol. The Morgan fingerprint density at radius 2 is 2.00 bits per heavy atom. The number of rotatable bonds is 5. The highest BCUT2D eigenvalue weighted by molar-refractivity contribution is 5.88. The third-order valence-electron chi connectivity index (χ3n) is 6.49. The van der Waals surface area contributed by atoms with Gasteiger partial charge in [-0.3, -0.25) is 9.79 Å². The first-order valence-corrected chi connectivity index (χ1v) is 10.1. The number of β-lactam (4-membered cyclic amide) rings is 1. The molecule has 2 aliphatic carbocycles. The molecule has 5 rings (SSSR count). The van der Waals surface area contributed by atoms with Gasteiger partial charge >= 0.3 is 0 Å². The Morgan fingerprint density at radius 3 is 2.67 bits per heavy atom. The predicted molar refractivity (Wildman–Crippen MR) is 106 cm³/mol. The zero-order valence-corrected chi connectivity index (χ0v) is 16.8. The Hall–Kier alpha value is -2.74. The molecule has 2 N–H and O–H groups in total. The molecule has 158 valence electrons. The molecule has 2 heterocycles. The number of likely N-dealkylation sites (tertiary alicyclic amines) is 1. The molecule has 2 aliphatic heterocycles. The summed E-state index contributed by atoms with van der Waals surface area (Å²) in [6.45, 7) is 3.63. The lowest BCUT2D eigenvalue weighted by molar-refractivity contribution is -0.152. The molecule has 8 heteroatoms.